The van der Waals surface area contributed by atoms with Crippen molar-refractivity contribution in [3.8, 4) is 11.8 Å². The van der Waals surface area contributed by atoms with Gasteiger partial charge < -0.3 is 5.11 Å². The third-order valence-electron chi connectivity index (χ3n) is 2.07. The Bertz CT molecular complexity index is 234. The van der Waals surface area contributed by atoms with E-state index in [-0.39, 0.29) is 0 Å². The highest BCUT2D eigenvalue weighted by molar-refractivity contribution is 5.17. The van der Waals surface area contributed by atoms with Crippen LogP contribution in [0.25, 0.3) is 0 Å². The maximum absolute atomic E-state index is 9.42. The van der Waals surface area contributed by atoms with Crippen LogP contribution < -0.4 is 0 Å². The first-order chi connectivity index (χ1) is 6.08. The zero-order valence-electron chi connectivity index (χ0n) is 8.51. The minimum Gasteiger partial charge on any atom is -0.378 e. The Morgan fingerprint density at radius 2 is 2.15 bits per heavy atom. The van der Waals surface area contributed by atoms with E-state index in [0.29, 0.717) is 5.92 Å². The van der Waals surface area contributed by atoms with E-state index in [1.165, 1.54) is 19.3 Å². The molecule has 0 fully saturated rings. The van der Waals surface area contributed by atoms with Gasteiger partial charge in [-0.1, -0.05) is 30.4 Å². The summed E-state index contributed by atoms with van der Waals surface area (Å²) in [6.07, 6.45) is 9.22. The van der Waals surface area contributed by atoms with Gasteiger partial charge in [-0.05, 0) is 33.1 Å². The minimum atomic E-state index is -0.847. The van der Waals surface area contributed by atoms with Crippen LogP contribution in [-0.2, 0) is 0 Å². The number of hydrogen-bond donors (Lipinski definition) is 1. The fourth-order valence-corrected chi connectivity index (χ4v) is 1.37. The number of hydrogen-bond acceptors (Lipinski definition) is 1. The van der Waals surface area contributed by atoms with Crippen molar-refractivity contribution in [2.24, 2.45) is 5.92 Å². The summed E-state index contributed by atoms with van der Waals surface area (Å²) in [6, 6.07) is 0. The molecule has 1 nitrogen and oxygen atoms in total. The molecule has 0 aliphatic heterocycles. The molecule has 1 rings (SSSR count). The Hall–Kier alpha value is -0.740. The van der Waals surface area contributed by atoms with Gasteiger partial charge in [-0.2, -0.15) is 0 Å². The molecule has 1 N–H and O–H groups in total. The fraction of sp³-hybridized carbons (Fsp3) is 0.667. The van der Waals surface area contributed by atoms with Crippen molar-refractivity contribution in [3.05, 3.63) is 12.2 Å². The van der Waals surface area contributed by atoms with Crippen LogP contribution in [0, 0.1) is 17.8 Å². The molecule has 72 valence electrons. The van der Waals surface area contributed by atoms with E-state index in [4.69, 9.17) is 0 Å². The van der Waals surface area contributed by atoms with Crippen LogP contribution in [0.3, 0.4) is 0 Å². The Morgan fingerprint density at radius 1 is 1.38 bits per heavy atom. The molecule has 0 aromatic heterocycles. The number of aliphatic hydroxyl groups is 1. The van der Waals surface area contributed by atoms with Crippen molar-refractivity contribution in [1.29, 1.82) is 0 Å². The average Bonchev–Trinajstić information content (AvgIpc) is 2.26. The molecule has 13 heavy (non-hydrogen) atoms. The summed E-state index contributed by atoms with van der Waals surface area (Å²) in [6.45, 7) is 3.45. The van der Waals surface area contributed by atoms with Crippen LogP contribution in [-0.4, -0.2) is 10.7 Å². The molecule has 1 aliphatic carbocycles. The quantitative estimate of drug-likeness (QED) is 0.446. The molecular weight excluding hydrogens is 160 g/mol. The Labute approximate surface area is 80.9 Å². The Morgan fingerprint density at radius 3 is 2.85 bits per heavy atom. The molecule has 1 aliphatic rings. The molecule has 0 aromatic carbocycles. The summed E-state index contributed by atoms with van der Waals surface area (Å²) >= 11 is 0. The van der Waals surface area contributed by atoms with E-state index in [9.17, 15) is 5.11 Å². The minimum absolute atomic E-state index is 0.355. The zero-order valence-corrected chi connectivity index (χ0v) is 8.51. The van der Waals surface area contributed by atoms with E-state index < -0.39 is 5.60 Å². The highest BCUT2D eigenvalue weighted by atomic mass is 16.3. The summed E-state index contributed by atoms with van der Waals surface area (Å²) in [4.78, 5) is 0. The van der Waals surface area contributed by atoms with Gasteiger partial charge in [0.25, 0.3) is 0 Å². The fourth-order valence-electron chi connectivity index (χ4n) is 1.37. The molecule has 0 saturated carbocycles. The van der Waals surface area contributed by atoms with Crippen molar-refractivity contribution in [1.82, 2.24) is 0 Å². The highest BCUT2D eigenvalue weighted by Gasteiger charge is 2.08. The number of rotatable bonds is 0. The van der Waals surface area contributed by atoms with E-state index in [1.807, 2.05) is 0 Å². The van der Waals surface area contributed by atoms with Gasteiger partial charge in [0.2, 0.25) is 0 Å². The lowest BCUT2D eigenvalue weighted by Crippen LogP contribution is -2.15. The van der Waals surface area contributed by atoms with E-state index in [2.05, 4.69) is 24.0 Å². The van der Waals surface area contributed by atoms with Crippen molar-refractivity contribution in [2.45, 2.75) is 45.1 Å². The molecule has 0 bridgehead atoms. The molecule has 0 unspecified atom stereocenters. The second kappa shape index (κ2) is 4.48. The van der Waals surface area contributed by atoms with Crippen LogP contribution >= 0.6 is 0 Å². The second-order valence-corrected chi connectivity index (χ2v) is 4.15. The monoisotopic (exact) mass is 178 g/mol. The van der Waals surface area contributed by atoms with Crippen molar-refractivity contribution in [3.63, 3.8) is 0 Å². The van der Waals surface area contributed by atoms with Gasteiger partial charge in [0, 0.05) is 5.92 Å². The van der Waals surface area contributed by atoms with Gasteiger partial charge in [0.05, 0.1) is 0 Å². The molecule has 0 saturated heterocycles. The van der Waals surface area contributed by atoms with Crippen LogP contribution in [0.4, 0.5) is 0 Å². The SMILES string of the molecule is CC(C)(O)C#C[C@H]1C=CCCCC1. The molecule has 0 heterocycles. The van der Waals surface area contributed by atoms with Gasteiger partial charge in [-0.15, -0.1) is 0 Å². The third-order valence-corrected chi connectivity index (χ3v) is 2.07. The molecule has 1 atom stereocenters. The van der Waals surface area contributed by atoms with Crippen LogP contribution in [0.5, 0.6) is 0 Å². The van der Waals surface area contributed by atoms with E-state index in [0.717, 1.165) is 6.42 Å². The zero-order chi connectivity index (χ0) is 9.73. The van der Waals surface area contributed by atoms with E-state index in [1.54, 1.807) is 13.8 Å². The number of allylic oxidation sites excluding steroid dienone is 2. The van der Waals surface area contributed by atoms with Crippen LogP contribution in [0.2, 0.25) is 0 Å². The maximum Gasteiger partial charge on any atom is 0.119 e. The van der Waals surface area contributed by atoms with Gasteiger partial charge in [0.1, 0.15) is 5.60 Å². The molecule has 0 spiro atoms. The van der Waals surface area contributed by atoms with Gasteiger partial charge in [0.15, 0.2) is 0 Å². The first-order valence-corrected chi connectivity index (χ1v) is 5.00. The maximum atomic E-state index is 9.42. The highest BCUT2D eigenvalue weighted by Crippen LogP contribution is 2.16. The van der Waals surface area contributed by atoms with Crippen molar-refractivity contribution in [2.75, 3.05) is 0 Å². The molecule has 0 amide bonds. The topological polar surface area (TPSA) is 20.2 Å². The predicted octanol–water partition coefficient (Wildman–Crippen LogP) is 2.51. The standard InChI is InChI=1S/C12H18O/c1-12(2,13)10-9-11-7-5-3-4-6-8-11/h5,7,11,13H,3-4,6,8H2,1-2H3/t11-/m0/s1. The predicted molar refractivity (Wildman–Crippen MR) is 55.2 cm³/mol. The Balaban J connectivity index is 2.54. The smallest absolute Gasteiger partial charge is 0.119 e. The summed E-state index contributed by atoms with van der Waals surface area (Å²) in [5.41, 5.74) is -0.847. The summed E-state index contributed by atoms with van der Waals surface area (Å²) in [7, 11) is 0. The average molecular weight is 178 g/mol. The van der Waals surface area contributed by atoms with Gasteiger partial charge in [-0.25, -0.2) is 0 Å². The van der Waals surface area contributed by atoms with E-state index >= 15 is 0 Å². The molecule has 0 aromatic rings. The normalized spacial score (nSPS) is 23.2. The van der Waals surface area contributed by atoms with Crippen molar-refractivity contribution < 1.29 is 5.11 Å². The van der Waals surface area contributed by atoms with Gasteiger partial charge >= 0.3 is 0 Å². The largest absolute Gasteiger partial charge is 0.378 e. The lowest BCUT2D eigenvalue weighted by Gasteiger charge is -2.08. The summed E-state index contributed by atoms with van der Waals surface area (Å²) in [5.74, 6) is 6.34. The second-order valence-electron chi connectivity index (χ2n) is 4.15. The summed E-state index contributed by atoms with van der Waals surface area (Å²) in [5, 5.41) is 9.42. The first-order valence-electron chi connectivity index (χ1n) is 5.00. The van der Waals surface area contributed by atoms with Crippen LogP contribution in [0.1, 0.15) is 39.5 Å². The van der Waals surface area contributed by atoms with Crippen LogP contribution in [0.15, 0.2) is 12.2 Å². The molecule has 1 heteroatoms. The molecule has 0 radical (unpaired) electrons. The lowest BCUT2D eigenvalue weighted by atomic mass is 10.0. The molecular formula is C12H18O. The van der Waals surface area contributed by atoms with Crippen molar-refractivity contribution >= 4 is 0 Å². The summed E-state index contributed by atoms with van der Waals surface area (Å²) < 4.78 is 0. The van der Waals surface area contributed by atoms with Gasteiger partial charge in [-0.3, -0.25) is 0 Å². The Kier molecular flexibility index (Phi) is 3.57. The lowest BCUT2D eigenvalue weighted by molar-refractivity contribution is 0.143. The third kappa shape index (κ3) is 4.75. The first kappa shape index (κ1) is 10.3.